The summed E-state index contributed by atoms with van der Waals surface area (Å²) in [4.78, 5) is 13.9. The van der Waals surface area contributed by atoms with Crippen LogP contribution < -0.4 is 4.72 Å². The zero-order valence-corrected chi connectivity index (χ0v) is 9.03. The summed E-state index contributed by atoms with van der Waals surface area (Å²) >= 11 is 0. The van der Waals surface area contributed by atoms with Gasteiger partial charge < -0.3 is 5.11 Å². The maximum Gasteiger partial charge on any atom is 0.323 e. The number of nitrogens with one attached hydrogen (secondary N) is 1. The first kappa shape index (κ1) is 12.4. The molecule has 0 saturated carbocycles. The number of carboxylic acid groups (broad SMARTS) is 1. The molecule has 0 bridgehead atoms. The van der Waals surface area contributed by atoms with Crippen LogP contribution in [-0.2, 0) is 14.8 Å². The predicted octanol–water partition coefficient (Wildman–Crippen LogP) is 0.435. The highest BCUT2D eigenvalue weighted by Crippen LogP contribution is 2.09. The molecule has 0 spiro atoms. The fraction of sp³-hybridized carbons (Fsp3) is 0.250. The van der Waals surface area contributed by atoms with E-state index in [1.807, 2.05) is 4.72 Å². The van der Waals surface area contributed by atoms with Gasteiger partial charge in [-0.2, -0.15) is 0 Å². The molecule has 1 aromatic rings. The van der Waals surface area contributed by atoms with Gasteiger partial charge >= 0.3 is 5.97 Å². The zero-order valence-electron chi connectivity index (χ0n) is 8.21. The van der Waals surface area contributed by atoms with Crippen LogP contribution in [0.1, 0.15) is 6.92 Å². The van der Waals surface area contributed by atoms with Crippen LogP contribution in [0.2, 0.25) is 0 Å². The third kappa shape index (κ3) is 2.89. The Morgan fingerprint density at radius 2 is 2.19 bits per heavy atom. The Hall–Kier alpha value is -1.70. The van der Waals surface area contributed by atoms with Crippen LogP contribution in [0.5, 0.6) is 0 Å². The lowest BCUT2D eigenvalue weighted by Crippen LogP contribution is -2.32. The second-order valence-corrected chi connectivity index (χ2v) is 4.99. The number of carbonyl (C=O) groups is 1. The zero-order chi connectivity index (χ0) is 12.3. The maximum atomic E-state index is 12.5. The van der Waals surface area contributed by atoms with Crippen molar-refractivity contribution in [1.29, 1.82) is 0 Å². The Morgan fingerprint density at radius 1 is 1.56 bits per heavy atom. The van der Waals surface area contributed by atoms with E-state index >= 15 is 0 Å². The minimum Gasteiger partial charge on any atom is -0.480 e. The molecule has 8 heteroatoms. The van der Waals surface area contributed by atoms with Crippen molar-refractivity contribution in [3.8, 4) is 0 Å². The molecule has 2 N–H and O–H groups in total. The summed E-state index contributed by atoms with van der Waals surface area (Å²) in [6, 6.07) is 2.11. The quantitative estimate of drug-likeness (QED) is 0.805. The second kappa shape index (κ2) is 4.44. The van der Waals surface area contributed by atoms with Gasteiger partial charge in [-0.3, -0.25) is 9.52 Å². The third-order valence-corrected chi connectivity index (χ3v) is 3.41. The number of nitrogens with zero attached hydrogens (tertiary/aromatic N) is 1. The van der Waals surface area contributed by atoms with E-state index in [1.54, 1.807) is 0 Å². The van der Waals surface area contributed by atoms with E-state index in [0.29, 0.717) is 0 Å². The van der Waals surface area contributed by atoms with E-state index in [1.165, 1.54) is 0 Å². The van der Waals surface area contributed by atoms with Crippen LogP contribution in [0.25, 0.3) is 0 Å². The molecular weight excluding hydrogens is 239 g/mol. The number of anilines is 1. The van der Waals surface area contributed by atoms with Gasteiger partial charge in [-0.15, -0.1) is 0 Å². The smallest absolute Gasteiger partial charge is 0.323 e. The van der Waals surface area contributed by atoms with Crippen LogP contribution in [0, 0.1) is 5.82 Å². The average molecular weight is 248 g/mol. The van der Waals surface area contributed by atoms with Crippen LogP contribution in [0.15, 0.2) is 18.3 Å². The lowest BCUT2D eigenvalue weighted by molar-refractivity contribution is -0.136. The Bertz CT molecular complexity index is 485. The molecule has 1 heterocycles. The SMILES string of the molecule is CC(C(=O)O)S(=O)(=O)Nc1ccc(F)cn1. The van der Waals surface area contributed by atoms with E-state index in [-0.39, 0.29) is 5.82 Å². The Morgan fingerprint density at radius 3 is 2.62 bits per heavy atom. The fourth-order valence-corrected chi connectivity index (χ4v) is 1.66. The molecule has 0 aromatic carbocycles. The van der Waals surface area contributed by atoms with Crippen molar-refractivity contribution in [3.05, 3.63) is 24.1 Å². The highest BCUT2D eigenvalue weighted by Gasteiger charge is 2.27. The number of sulfonamides is 1. The molecule has 1 aromatic heterocycles. The molecule has 0 aliphatic rings. The topological polar surface area (TPSA) is 96.4 Å². The largest absolute Gasteiger partial charge is 0.480 e. The number of pyridine rings is 1. The van der Waals surface area contributed by atoms with E-state index in [4.69, 9.17) is 5.11 Å². The van der Waals surface area contributed by atoms with Crippen molar-refractivity contribution < 1.29 is 22.7 Å². The first-order valence-corrected chi connectivity index (χ1v) is 5.73. The molecular formula is C8H9FN2O4S. The molecule has 88 valence electrons. The summed E-state index contributed by atoms with van der Waals surface area (Å²) in [6.45, 7) is 1.02. The summed E-state index contributed by atoms with van der Waals surface area (Å²) in [5, 5.41) is 6.93. The van der Waals surface area contributed by atoms with E-state index < -0.39 is 27.1 Å². The molecule has 0 aliphatic carbocycles. The van der Waals surface area contributed by atoms with Gasteiger partial charge in [-0.1, -0.05) is 0 Å². The van der Waals surface area contributed by atoms with Gasteiger partial charge in [0.1, 0.15) is 11.6 Å². The molecule has 0 amide bonds. The summed E-state index contributed by atoms with van der Waals surface area (Å²) < 4.78 is 37.2. The third-order valence-electron chi connectivity index (χ3n) is 1.79. The summed E-state index contributed by atoms with van der Waals surface area (Å²) in [7, 11) is -4.06. The predicted molar refractivity (Wildman–Crippen MR) is 53.8 cm³/mol. The minimum atomic E-state index is -4.06. The van der Waals surface area contributed by atoms with Gasteiger partial charge in [0.25, 0.3) is 0 Å². The number of aliphatic carboxylic acids is 1. The van der Waals surface area contributed by atoms with Gasteiger partial charge in [-0.05, 0) is 19.1 Å². The maximum absolute atomic E-state index is 12.5. The summed E-state index contributed by atoms with van der Waals surface area (Å²) in [5.41, 5.74) is 0. The molecule has 0 fully saturated rings. The Balaban J connectivity index is 2.89. The molecule has 1 rings (SSSR count). The van der Waals surface area contributed by atoms with Crippen LogP contribution >= 0.6 is 0 Å². The highest BCUT2D eigenvalue weighted by atomic mass is 32.2. The number of rotatable bonds is 4. The first-order valence-electron chi connectivity index (χ1n) is 4.19. The van der Waals surface area contributed by atoms with Gasteiger partial charge in [0, 0.05) is 0 Å². The van der Waals surface area contributed by atoms with E-state index in [9.17, 15) is 17.6 Å². The Kier molecular flexibility index (Phi) is 3.43. The van der Waals surface area contributed by atoms with Gasteiger partial charge in [0.15, 0.2) is 5.25 Å². The molecule has 1 atom stereocenters. The average Bonchev–Trinajstić information content (AvgIpc) is 2.20. The number of carboxylic acids is 1. The lowest BCUT2D eigenvalue weighted by Gasteiger charge is -2.09. The van der Waals surface area contributed by atoms with Gasteiger partial charge in [-0.25, -0.2) is 17.8 Å². The van der Waals surface area contributed by atoms with Crippen molar-refractivity contribution in [1.82, 2.24) is 4.98 Å². The second-order valence-electron chi connectivity index (χ2n) is 2.99. The fourth-order valence-electron chi connectivity index (χ4n) is 0.803. The molecule has 0 saturated heterocycles. The number of hydrogen-bond acceptors (Lipinski definition) is 4. The summed E-state index contributed by atoms with van der Waals surface area (Å²) in [5.74, 6) is -2.22. The van der Waals surface area contributed by atoms with Crippen molar-refractivity contribution in [2.45, 2.75) is 12.2 Å². The molecule has 6 nitrogen and oxygen atoms in total. The van der Waals surface area contributed by atoms with Crippen LogP contribution in [0.3, 0.4) is 0 Å². The lowest BCUT2D eigenvalue weighted by atomic mass is 10.5. The van der Waals surface area contributed by atoms with E-state index in [2.05, 4.69) is 4.98 Å². The van der Waals surface area contributed by atoms with Gasteiger partial charge in [0.05, 0.1) is 6.20 Å². The van der Waals surface area contributed by atoms with Gasteiger partial charge in [0.2, 0.25) is 10.0 Å². The van der Waals surface area contributed by atoms with E-state index in [0.717, 1.165) is 25.3 Å². The first-order chi connectivity index (χ1) is 7.33. The standard InChI is InChI=1S/C8H9FN2O4S/c1-5(8(12)13)16(14,15)11-7-3-2-6(9)4-10-7/h2-5H,1H3,(H,10,11)(H,12,13). The van der Waals surface area contributed by atoms with Crippen LogP contribution in [0.4, 0.5) is 10.2 Å². The minimum absolute atomic E-state index is 0.130. The van der Waals surface area contributed by atoms with Crippen molar-refractivity contribution >= 4 is 21.8 Å². The Labute approximate surface area is 91.2 Å². The normalized spacial score (nSPS) is 13.1. The number of aromatic nitrogens is 1. The monoisotopic (exact) mass is 248 g/mol. The molecule has 0 radical (unpaired) electrons. The van der Waals surface area contributed by atoms with Crippen LogP contribution in [-0.4, -0.2) is 29.7 Å². The number of halogens is 1. The van der Waals surface area contributed by atoms with Crippen molar-refractivity contribution in [2.75, 3.05) is 4.72 Å². The van der Waals surface area contributed by atoms with Crippen molar-refractivity contribution in [2.24, 2.45) is 0 Å². The van der Waals surface area contributed by atoms with Crippen molar-refractivity contribution in [3.63, 3.8) is 0 Å². The number of hydrogen-bond donors (Lipinski definition) is 2. The summed E-state index contributed by atoms with van der Waals surface area (Å²) in [6.07, 6.45) is 0.823. The molecule has 0 aliphatic heterocycles. The molecule has 1 unspecified atom stereocenters. The highest BCUT2D eigenvalue weighted by molar-refractivity contribution is 7.94. The molecule has 16 heavy (non-hydrogen) atoms.